The molecule has 0 bridgehead atoms. The van der Waals surface area contributed by atoms with E-state index in [4.69, 9.17) is 14.2 Å². The lowest BCUT2D eigenvalue weighted by molar-refractivity contribution is -0.305. The van der Waals surface area contributed by atoms with Crippen LogP contribution in [-0.4, -0.2) is 99.6 Å². The molecule has 1 amide bonds. The van der Waals surface area contributed by atoms with E-state index in [1.165, 1.54) is 44.9 Å². The van der Waals surface area contributed by atoms with Crippen LogP contribution in [0, 0.1) is 0 Å². The number of carbonyl (C=O) groups excluding carboxylic acids is 2. The van der Waals surface area contributed by atoms with Gasteiger partial charge in [0.2, 0.25) is 5.91 Å². The summed E-state index contributed by atoms with van der Waals surface area (Å²) in [6.45, 7) is 5.52. The lowest BCUT2D eigenvalue weighted by Gasteiger charge is -2.41. The van der Waals surface area contributed by atoms with Crippen molar-refractivity contribution in [1.82, 2.24) is 5.32 Å². The van der Waals surface area contributed by atoms with E-state index < -0.39 is 67.4 Å². The van der Waals surface area contributed by atoms with Gasteiger partial charge in [-0.2, -0.15) is 0 Å². The summed E-state index contributed by atoms with van der Waals surface area (Å²) < 4.78 is 17.6. The maximum Gasteiger partial charge on any atom is 0.306 e. The molecule has 11 nitrogen and oxygen atoms in total. The average Bonchev–Trinajstić information content (AvgIpc) is 3.59. The second kappa shape index (κ2) is 59.9. The van der Waals surface area contributed by atoms with Crippen molar-refractivity contribution in [3.05, 3.63) is 146 Å². The van der Waals surface area contributed by atoms with Crippen LogP contribution in [0.1, 0.15) is 245 Å². The maximum atomic E-state index is 13.5. The van der Waals surface area contributed by atoms with Gasteiger partial charge in [0.15, 0.2) is 12.4 Å². The summed E-state index contributed by atoms with van der Waals surface area (Å²) in [6.07, 6.45) is 76.0. The van der Waals surface area contributed by atoms with Gasteiger partial charge in [-0.05, 0) is 122 Å². The number of aliphatic hydroxyl groups excluding tert-OH is 5. The van der Waals surface area contributed by atoms with Gasteiger partial charge >= 0.3 is 5.97 Å². The lowest BCUT2D eigenvalue weighted by Crippen LogP contribution is -2.61. The van der Waals surface area contributed by atoms with Crippen LogP contribution in [0.2, 0.25) is 0 Å². The van der Waals surface area contributed by atoms with Crippen LogP contribution < -0.4 is 5.32 Å². The molecule has 85 heavy (non-hydrogen) atoms. The summed E-state index contributed by atoms with van der Waals surface area (Å²) in [7, 11) is 0. The Morgan fingerprint density at radius 2 is 0.847 bits per heavy atom. The number of unbranched alkanes of at least 4 members (excludes halogenated alkanes) is 19. The summed E-state index contributed by atoms with van der Waals surface area (Å²) in [4.78, 5) is 26.6. The smallest absolute Gasteiger partial charge is 0.306 e. The minimum atomic E-state index is -1.64. The van der Waals surface area contributed by atoms with Crippen molar-refractivity contribution in [2.24, 2.45) is 0 Å². The number of ether oxygens (including phenoxy) is 3. The molecule has 0 aliphatic carbocycles. The van der Waals surface area contributed by atoms with E-state index in [0.29, 0.717) is 12.8 Å². The number of nitrogens with one attached hydrogen (secondary N) is 1. The van der Waals surface area contributed by atoms with E-state index in [-0.39, 0.29) is 19.4 Å². The minimum absolute atomic E-state index is 0.0753. The molecule has 8 unspecified atom stereocenters. The Hall–Kier alpha value is -4.46. The van der Waals surface area contributed by atoms with Crippen molar-refractivity contribution < 1.29 is 49.3 Å². The van der Waals surface area contributed by atoms with Crippen LogP contribution in [-0.2, 0) is 23.8 Å². The molecule has 0 spiro atoms. The van der Waals surface area contributed by atoms with Crippen molar-refractivity contribution in [3.8, 4) is 0 Å². The number of aliphatic hydroxyl groups is 5. The highest BCUT2D eigenvalue weighted by Gasteiger charge is 2.47. The molecule has 0 aromatic heterocycles. The van der Waals surface area contributed by atoms with Gasteiger partial charge < -0.3 is 45.1 Å². The van der Waals surface area contributed by atoms with Gasteiger partial charge in [-0.3, -0.25) is 9.59 Å². The molecule has 1 saturated heterocycles. The van der Waals surface area contributed by atoms with Crippen molar-refractivity contribution in [2.75, 3.05) is 13.2 Å². The number of amides is 1. The number of allylic oxidation sites excluding steroid dienone is 23. The summed E-state index contributed by atoms with van der Waals surface area (Å²) in [6, 6.07) is -1.05. The number of hydrogen-bond acceptors (Lipinski definition) is 10. The molecule has 0 saturated carbocycles. The Morgan fingerprint density at radius 3 is 1.27 bits per heavy atom. The topological polar surface area (TPSA) is 175 Å². The highest BCUT2D eigenvalue weighted by Crippen LogP contribution is 2.26. The molecule has 1 fully saturated rings. The highest BCUT2D eigenvalue weighted by molar-refractivity contribution is 5.80. The summed E-state index contributed by atoms with van der Waals surface area (Å²) >= 11 is 0. The van der Waals surface area contributed by atoms with Gasteiger partial charge in [0.25, 0.3) is 0 Å². The maximum absolute atomic E-state index is 13.5. The minimum Gasteiger partial charge on any atom is -0.454 e. The van der Waals surface area contributed by atoms with Gasteiger partial charge in [-0.15, -0.1) is 0 Å². The molecule has 0 aromatic rings. The molecule has 1 heterocycles. The van der Waals surface area contributed by atoms with Crippen molar-refractivity contribution >= 4 is 11.9 Å². The molecule has 11 heteroatoms. The SMILES string of the molecule is CC/C=C\C/C=C\C/C=C\C/C=C\C/C=C\C/C=C\CCCCCCCCCC(O)C(=O)NC(COC1OC(CO)C(O)C(O)C1OC(=O)CCCCC/C=C\C/C=C\C/C=C\C/C=C\C/C=C\CC)C(O)/C=C/CCCCCCCCCCC. The standard InChI is InChI=1S/C74H121NO10/c1-4-7-10-13-16-19-22-24-26-28-30-31-32-33-34-35-36-38-39-41-43-46-49-52-55-58-61-67(78)73(82)75-65(66(77)60-57-54-51-48-45-21-18-15-12-9-6-3)64-83-74-72(71(81)70(80)68(63-76)84-74)85-69(79)62-59-56-53-50-47-44-42-40-37-29-27-25-23-20-17-14-11-8-5-2/h7-8,10-11,16-17,19-20,24-27,30-31,33-34,36-38,40,44,47,57,60,65-68,70-72,74,76-78,80-81H,4-6,9,12-15,18,21-23,28-29,32,35,39,41-43,45-46,48-56,58-59,61-64H2,1-3H3,(H,75,82)/b10-7-,11-8-,19-16-,20-17-,26-24-,27-25-,31-30-,34-33-,38-36-,40-37-,47-44-,60-57+. The predicted molar refractivity (Wildman–Crippen MR) is 356 cm³/mol. The number of hydrogen-bond donors (Lipinski definition) is 6. The fraction of sp³-hybridized carbons (Fsp3) is 0.649. The van der Waals surface area contributed by atoms with Crippen LogP contribution >= 0.6 is 0 Å². The van der Waals surface area contributed by atoms with Crippen LogP contribution in [0.3, 0.4) is 0 Å². The monoisotopic (exact) mass is 1180 g/mol. The molecule has 0 aromatic carbocycles. The molecular weight excluding hydrogens is 1060 g/mol. The Labute approximate surface area is 517 Å². The normalized spacial score (nSPS) is 19.4. The lowest BCUT2D eigenvalue weighted by atomic mass is 9.99. The quantitative estimate of drug-likeness (QED) is 0.0195. The summed E-state index contributed by atoms with van der Waals surface area (Å²) in [5.74, 6) is -1.25. The number of carbonyl (C=O) groups is 2. The van der Waals surface area contributed by atoms with Crippen LogP contribution in [0.4, 0.5) is 0 Å². The first-order valence-corrected chi connectivity index (χ1v) is 33.6. The molecule has 6 N–H and O–H groups in total. The average molecular weight is 1180 g/mol. The first-order valence-electron chi connectivity index (χ1n) is 33.6. The van der Waals surface area contributed by atoms with Crippen LogP contribution in [0.15, 0.2) is 146 Å². The zero-order chi connectivity index (χ0) is 61.7. The molecule has 1 aliphatic rings. The first kappa shape index (κ1) is 78.6. The van der Waals surface area contributed by atoms with E-state index in [9.17, 15) is 35.1 Å². The fourth-order valence-electron chi connectivity index (χ4n) is 9.50. The van der Waals surface area contributed by atoms with Gasteiger partial charge in [-0.1, -0.05) is 263 Å². The second-order valence-electron chi connectivity index (χ2n) is 22.4. The summed E-state index contributed by atoms with van der Waals surface area (Å²) in [5, 5.41) is 57.1. The second-order valence-corrected chi connectivity index (χ2v) is 22.4. The van der Waals surface area contributed by atoms with E-state index in [0.717, 1.165) is 154 Å². The Bertz CT molecular complexity index is 1940. The molecule has 0 radical (unpaired) electrons. The van der Waals surface area contributed by atoms with Gasteiger partial charge in [0.05, 0.1) is 25.4 Å². The predicted octanol–water partition coefficient (Wildman–Crippen LogP) is 16.9. The Morgan fingerprint density at radius 1 is 0.471 bits per heavy atom. The van der Waals surface area contributed by atoms with Crippen molar-refractivity contribution in [2.45, 2.75) is 294 Å². The largest absolute Gasteiger partial charge is 0.454 e. The third-order valence-corrected chi connectivity index (χ3v) is 14.7. The fourth-order valence-corrected chi connectivity index (χ4v) is 9.50. The third kappa shape index (κ3) is 47.3. The van der Waals surface area contributed by atoms with E-state index in [1.54, 1.807) is 6.08 Å². The van der Waals surface area contributed by atoms with E-state index in [2.05, 4.69) is 160 Å². The highest BCUT2D eigenvalue weighted by atomic mass is 16.7. The Kier molecular flexibility index (Phi) is 55.3. The van der Waals surface area contributed by atoms with E-state index in [1.807, 2.05) is 6.08 Å². The Balaban J connectivity index is 2.63. The molecular formula is C74H121NO10. The third-order valence-electron chi connectivity index (χ3n) is 14.7. The molecule has 1 rings (SSSR count). The number of rotatable bonds is 55. The molecule has 482 valence electrons. The van der Waals surface area contributed by atoms with Gasteiger partial charge in [-0.25, -0.2) is 0 Å². The molecule has 1 aliphatic heterocycles. The van der Waals surface area contributed by atoms with Gasteiger partial charge in [0, 0.05) is 6.42 Å². The molecule has 8 atom stereocenters. The number of esters is 1. The van der Waals surface area contributed by atoms with Crippen LogP contribution in [0.25, 0.3) is 0 Å². The zero-order valence-electron chi connectivity index (χ0n) is 53.4. The van der Waals surface area contributed by atoms with Gasteiger partial charge in [0.1, 0.15) is 24.4 Å². The zero-order valence-corrected chi connectivity index (χ0v) is 53.4. The summed E-state index contributed by atoms with van der Waals surface area (Å²) in [5.41, 5.74) is 0. The van der Waals surface area contributed by atoms with Crippen LogP contribution in [0.5, 0.6) is 0 Å². The van der Waals surface area contributed by atoms with E-state index >= 15 is 0 Å². The van der Waals surface area contributed by atoms with Crippen molar-refractivity contribution in [1.29, 1.82) is 0 Å². The van der Waals surface area contributed by atoms with Crippen molar-refractivity contribution in [3.63, 3.8) is 0 Å². The first-order chi connectivity index (χ1) is 41.7.